The van der Waals surface area contributed by atoms with Crippen LogP contribution in [-0.2, 0) is 9.53 Å². The molecular weight excluding hydrogens is 508 g/mol. The lowest BCUT2D eigenvalue weighted by Crippen LogP contribution is -2.48. The number of likely N-dealkylation sites (N-methyl/N-ethyl adjacent to an activating group) is 1. The largest absolute Gasteiger partial charge is 0.478 e. The molecule has 10 nitrogen and oxygen atoms in total. The van der Waals surface area contributed by atoms with Gasteiger partial charge in [0.05, 0.1) is 23.9 Å². The fraction of sp³-hybridized carbons (Fsp3) is 0.481. The number of carbonyl (C=O) groups is 1. The highest BCUT2D eigenvalue weighted by atomic mass is 35.5. The number of halogens is 1. The number of ether oxygens (including phenoxy) is 2. The van der Waals surface area contributed by atoms with Crippen molar-refractivity contribution in [2.45, 2.75) is 58.8 Å². The highest BCUT2D eigenvalue weighted by molar-refractivity contribution is 6.32. The average Bonchev–Trinajstić information content (AvgIpc) is 2.92. The van der Waals surface area contributed by atoms with Crippen molar-refractivity contribution in [2.75, 3.05) is 37.0 Å². The van der Waals surface area contributed by atoms with Crippen LogP contribution in [-0.4, -0.2) is 59.4 Å². The summed E-state index contributed by atoms with van der Waals surface area (Å²) in [6, 6.07) is 7.18. The van der Waals surface area contributed by atoms with Crippen molar-refractivity contribution < 1.29 is 14.3 Å². The quantitative estimate of drug-likeness (QED) is 0.412. The van der Waals surface area contributed by atoms with Crippen molar-refractivity contribution in [1.29, 1.82) is 0 Å². The van der Waals surface area contributed by atoms with Crippen LogP contribution in [0.2, 0.25) is 5.02 Å². The molecule has 0 spiro atoms. The lowest BCUT2D eigenvalue weighted by molar-refractivity contribution is -0.122. The third-order valence-corrected chi connectivity index (χ3v) is 6.85. The van der Waals surface area contributed by atoms with Crippen LogP contribution in [0.1, 0.15) is 46.6 Å². The van der Waals surface area contributed by atoms with Gasteiger partial charge in [-0.1, -0.05) is 25.4 Å². The maximum absolute atomic E-state index is 13.1. The van der Waals surface area contributed by atoms with Gasteiger partial charge in [-0.3, -0.25) is 9.59 Å². The monoisotopic (exact) mass is 542 g/mol. The Labute approximate surface area is 227 Å². The number of benzene rings is 1. The summed E-state index contributed by atoms with van der Waals surface area (Å²) < 4.78 is 13.3. The number of amides is 1. The van der Waals surface area contributed by atoms with E-state index in [1.54, 1.807) is 16.8 Å². The number of nitrogens with zero attached hydrogens (tertiary/aromatic N) is 4. The fourth-order valence-electron chi connectivity index (χ4n) is 4.50. The van der Waals surface area contributed by atoms with E-state index in [-0.39, 0.29) is 42.1 Å². The number of hydrogen-bond donors (Lipinski definition) is 2. The summed E-state index contributed by atoms with van der Waals surface area (Å²) >= 11 is 6.48. The standard InChI is InChI=1S/C27H35ClN6O4/c1-6-19-13-33(14-20(7-2)38-19)27-30-12-21(28)25(32-27)31-18-8-9-22-17(10-18)11-23(37-15-24(35)29-5)26(36)34(22)16(3)4/h8-12,16,19-20H,6-7,13-15H2,1-5H3,(H,29,35)(H,30,31,32)/t19-,20+. The third-order valence-electron chi connectivity index (χ3n) is 6.58. The number of pyridine rings is 1. The highest BCUT2D eigenvalue weighted by Crippen LogP contribution is 2.29. The molecule has 0 bridgehead atoms. The Morgan fingerprint density at radius 2 is 1.92 bits per heavy atom. The smallest absolute Gasteiger partial charge is 0.293 e. The maximum Gasteiger partial charge on any atom is 0.293 e. The first-order valence-electron chi connectivity index (χ1n) is 13.0. The van der Waals surface area contributed by atoms with E-state index in [4.69, 9.17) is 26.1 Å². The zero-order valence-corrected chi connectivity index (χ0v) is 23.2. The minimum atomic E-state index is -0.319. The van der Waals surface area contributed by atoms with Gasteiger partial charge in [-0.25, -0.2) is 4.98 Å². The molecule has 2 N–H and O–H groups in total. The van der Waals surface area contributed by atoms with Crippen LogP contribution in [0.25, 0.3) is 10.9 Å². The predicted molar refractivity (Wildman–Crippen MR) is 150 cm³/mol. The molecule has 3 heterocycles. The van der Waals surface area contributed by atoms with Gasteiger partial charge < -0.3 is 29.6 Å². The van der Waals surface area contributed by atoms with Gasteiger partial charge in [-0.15, -0.1) is 0 Å². The van der Waals surface area contributed by atoms with Crippen molar-refractivity contribution in [3.05, 3.63) is 45.8 Å². The van der Waals surface area contributed by atoms with Crippen LogP contribution in [0.4, 0.5) is 17.5 Å². The van der Waals surface area contributed by atoms with Crippen molar-refractivity contribution in [3.8, 4) is 5.75 Å². The molecule has 0 aliphatic carbocycles. The Bertz CT molecular complexity index is 1350. The zero-order chi connectivity index (χ0) is 27.4. The molecule has 11 heteroatoms. The molecule has 1 fully saturated rings. The topological polar surface area (TPSA) is 111 Å². The molecule has 1 aliphatic heterocycles. The molecule has 2 aromatic heterocycles. The molecule has 1 saturated heterocycles. The molecule has 4 rings (SSSR count). The van der Waals surface area contributed by atoms with E-state index >= 15 is 0 Å². The Kier molecular flexibility index (Phi) is 8.73. The summed E-state index contributed by atoms with van der Waals surface area (Å²) in [7, 11) is 1.52. The van der Waals surface area contributed by atoms with Gasteiger partial charge in [0.15, 0.2) is 18.2 Å². The molecule has 38 heavy (non-hydrogen) atoms. The van der Waals surface area contributed by atoms with Gasteiger partial charge in [0.25, 0.3) is 11.5 Å². The van der Waals surface area contributed by atoms with Crippen LogP contribution in [0.5, 0.6) is 5.75 Å². The summed E-state index contributed by atoms with van der Waals surface area (Å²) in [5.74, 6) is 0.867. The number of aromatic nitrogens is 3. The minimum Gasteiger partial charge on any atom is -0.478 e. The number of carbonyl (C=O) groups excluding carboxylic acids is 1. The summed E-state index contributed by atoms with van der Waals surface area (Å²) in [6.45, 7) is 9.27. The molecule has 1 aliphatic rings. The van der Waals surface area contributed by atoms with Crippen molar-refractivity contribution >= 4 is 45.9 Å². The number of anilines is 3. The van der Waals surface area contributed by atoms with E-state index in [1.807, 2.05) is 32.0 Å². The maximum atomic E-state index is 13.1. The van der Waals surface area contributed by atoms with Gasteiger partial charge in [0, 0.05) is 37.3 Å². The van der Waals surface area contributed by atoms with Gasteiger partial charge in [0.2, 0.25) is 5.95 Å². The first kappa shape index (κ1) is 27.7. The molecule has 0 unspecified atom stereocenters. The van der Waals surface area contributed by atoms with Crippen LogP contribution in [0, 0.1) is 0 Å². The van der Waals surface area contributed by atoms with E-state index in [2.05, 4.69) is 34.4 Å². The lowest BCUT2D eigenvalue weighted by Gasteiger charge is -2.37. The molecule has 0 saturated carbocycles. The third kappa shape index (κ3) is 6.02. The molecule has 3 aromatic rings. The predicted octanol–water partition coefficient (Wildman–Crippen LogP) is 4.29. The molecule has 2 atom stereocenters. The van der Waals surface area contributed by atoms with Crippen LogP contribution in [0.15, 0.2) is 35.3 Å². The summed E-state index contributed by atoms with van der Waals surface area (Å²) in [4.78, 5) is 36.1. The van der Waals surface area contributed by atoms with Crippen molar-refractivity contribution in [1.82, 2.24) is 19.9 Å². The number of rotatable bonds is 9. The zero-order valence-electron chi connectivity index (χ0n) is 22.5. The molecule has 1 aromatic carbocycles. The van der Waals surface area contributed by atoms with Crippen molar-refractivity contribution in [3.63, 3.8) is 0 Å². The van der Waals surface area contributed by atoms with Crippen LogP contribution in [0.3, 0.4) is 0 Å². The van der Waals surface area contributed by atoms with Gasteiger partial charge in [0.1, 0.15) is 5.02 Å². The second kappa shape index (κ2) is 12.0. The second-order valence-electron chi connectivity index (χ2n) is 9.61. The van der Waals surface area contributed by atoms with E-state index in [1.165, 1.54) is 7.05 Å². The summed E-state index contributed by atoms with van der Waals surface area (Å²) in [5.41, 5.74) is 1.19. The summed E-state index contributed by atoms with van der Waals surface area (Å²) in [6.07, 6.45) is 3.69. The molecule has 0 radical (unpaired) electrons. The van der Waals surface area contributed by atoms with Crippen LogP contribution >= 0.6 is 11.6 Å². The molecular formula is C27H35ClN6O4. The first-order valence-corrected chi connectivity index (χ1v) is 13.3. The summed E-state index contributed by atoms with van der Waals surface area (Å²) in [5, 5.41) is 6.96. The highest BCUT2D eigenvalue weighted by Gasteiger charge is 2.27. The van der Waals surface area contributed by atoms with Gasteiger partial charge >= 0.3 is 0 Å². The number of nitrogens with one attached hydrogen (secondary N) is 2. The van der Waals surface area contributed by atoms with E-state index < -0.39 is 0 Å². The second-order valence-corrected chi connectivity index (χ2v) is 10.0. The SMILES string of the molecule is CC[C@@H]1CN(c2ncc(Cl)c(Nc3ccc4c(c3)cc(OCC(=O)NC)c(=O)n4C(C)C)n2)C[C@H](CC)O1. The Morgan fingerprint density at radius 1 is 1.21 bits per heavy atom. The van der Waals surface area contributed by atoms with Crippen LogP contribution < -0.4 is 25.8 Å². The van der Waals surface area contributed by atoms with E-state index in [9.17, 15) is 9.59 Å². The number of fused-ring (bicyclic) bond motifs is 1. The average molecular weight is 543 g/mol. The van der Waals surface area contributed by atoms with Crippen molar-refractivity contribution in [2.24, 2.45) is 0 Å². The lowest BCUT2D eigenvalue weighted by atomic mass is 10.1. The Morgan fingerprint density at radius 3 is 2.55 bits per heavy atom. The number of morpholine rings is 1. The number of hydrogen-bond acceptors (Lipinski definition) is 8. The van der Waals surface area contributed by atoms with Gasteiger partial charge in [-0.05, 0) is 51.0 Å². The normalized spacial score (nSPS) is 17.6. The Hall–Kier alpha value is -3.37. The minimum absolute atomic E-state index is 0.109. The fourth-order valence-corrected chi connectivity index (χ4v) is 4.64. The van der Waals surface area contributed by atoms with E-state index in [0.717, 1.165) is 42.5 Å². The Balaban J connectivity index is 1.66. The van der Waals surface area contributed by atoms with E-state index in [0.29, 0.717) is 16.8 Å². The first-order chi connectivity index (χ1) is 18.2. The molecule has 1 amide bonds. The molecule has 204 valence electrons. The van der Waals surface area contributed by atoms with Gasteiger partial charge in [-0.2, -0.15) is 4.98 Å².